The molecule has 0 aromatic heterocycles. The lowest BCUT2D eigenvalue weighted by Gasteiger charge is -2.16. The van der Waals surface area contributed by atoms with Gasteiger partial charge in [-0.2, -0.15) is 0 Å². The molecule has 0 aliphatic carbocycles. The average molecular weight is 241 g/mol. The number of likely N-dealkylation sites (tertiary alicyclic amines) is 1. The smallest absolute Gasteiger partial charge is 0.257 e. The summed E-state index contributed by atoms with van der Waals surface area (Å²) in [5.41, 5.74) is -0.221. The monoisotopic (exact) mass is 241 g/mol. The van der Waals surface area contributed by atoms with Gasteiger partial charge in [-0.15, -0.1) is 0 Å². The highest BCUT2D eigenvalue weighted by Crippen LogP contribution is 2.18. The molecule has 1 aliphatic heterocycles. The number of halogens is 2. The van der Waals surface area contributed by atoms with Crippen LogP contribution in [0.2, 0.25) is 0 Å². The summed E-state index contributed by atoms with van der Waals surface area (Å²) in [6.07, 6.45) is 0.703. The number of methoxy groups -OCH3 is 1. The van der Waals surface area contributed by atoms with Crippen molar-refractivity contribution in [2.24, 2.45) is 0 Å². The van der Waals surface area contributed by atoms with Crippen LogP contribution >= 0.6 is 0 Å². The normalized spacial score (nSPS) is 19.7. The predicted molar refractivity (Wildman–Crippen MR) is 57.7 cm³/mol. The van der Waals surface area contributed by atoms with Crippen LogP contribution in [0.15, 0.2) is 18.2 Å². The first-order chi connectivity index (χ1) is 8.13. The maximum atomic E-state index is 13.4. The summed E-state index contributed by atoms with van der Waals surface area (Å²) in [6.45, 7) is 0.929. The van der Waals surface area contributed by atoms with Crippen LogP contribution < -0.4 is 0 Å². The Kier molecular flexibility index (Phi) is 3.38. The Hall–Kier alpha value is -1.49. The molecule has 1 saturated heterocycles. The van der Waals surface area contributed by atoms with Crippen molar-refractivity contribution >= 4 is 5.91 Å². The highest BCUT2D eigenvalue weighted by atomic mass is 19.2. The zero-order valence-electron chi connectivity index (χ0n) is 9.45. The number of hydrogen-bond donors (Lipinski definition) is 0. The number of ether oxygens (including phenoxy) is 1. The molecule has 92 valence electrons. The Morgan fingerprint density at radius 2 is 2.24 bits per heavy atom. The van der Waals surface area contributed by atoms with Crippen LogP contribution in [0.1, 0.15) is 16.8 Å². The molecular formula is C12H13F2NO2. The van der Waals surface area contributed by atoms with Gasteiger partial charge in [0.15, 0.2) is 11.6 Å². The van der Waals surface area contributed by atoms with Gasteiger partial charge in [-0.25, -0.2) is 8.78 Å². The van der Waals surface area contributed by atoms with Gasteiger partial charge >= 0.3 is 0 Å². The molecule has 17 heavy (non-hydrogen) atoms. The van der Waals surface area contributed by atoms with E-state index in [-0.39, 0.29) is 11.7 Å². The highest BCUT2D eigenvalue weighted by molar-refractivity contribution is 5.94. The second kappa shape index (κ2) is 4.79. The SMILES string of the molecule is COC1CCN(C(=O)c2cccc(F)c2F)C1. The van der Waals surface area contributed by atoms with Gasteiger partial charge in [0.05, 0.1) is 11.7 Å². The Bertz CT molecular complexity index is 437. The first-order valence-electron chi connectivity index (χ1n) is 5.39. The van der Waals surface area contributed by atoms with Crippen molar-refractivity contribution in [2.45, 2.75) is 12.5 Å². The Morgan fingerprint density at radius 1 is 1.47 bits per heavy atom. The van der Waals surface area contributed by atoms with E-state index in [1.165, 1.54) is 17.0 Å². The number of hydrogen-bond acceptors (Lipinski definition) is 2. The lowest BCUT2D eigenvalue weighted by Crippen LogP contribution is -2.30. The average Bonchev–Trinajstić information content (AvgIpc) is 2.80. The zero-order valence-corrected chi connectivity index (χ0v) is 9.45. The summed E-state index contributed by atoms with van der Waals surface area (Å²) < 4.78 is 31.5. The molecule has 1 unspecified atom stereocenters. The van der Waals surface area contributed by atoms with Gasteiger partial charge in [0.1, 0.15) is 0 Å². The van der Waals surface area contributed by atoms with Crippen molar-refractivity contribution < 1.29 is 18.3 Å². The minimum absolute atomic E-state index is 0.0180. The van der Waals surface area contributed by atoms with E-state index < -0.39 is 17.5 Å². The van der Waals surface area contributed by atoms with Crippen LogP contribution in [-0.2, 0) is 4.74 Å². The molecule has 1 heterocycles. The molecule has 1 fully saturated rings. The zero-order chi connectivity index (χ0) is 12.4. The summed E-state index contributed by atoms with van der Waals surface area (Å²) >= 11 is 0. The van der Waals surface area contributed by atoms with Gasteiger partial charge in [0, 0.05) is 20.2 Å². The lowest BCUT2D eigenvalue weighted by molar-refractivity contribution is 0.0719. The van der Waals surface area contributed by atoms with Crippen LogP contribution in [0.5, 0.6) is 0 Å². The predicted octanol–water partition coefficient (Wildman–Crippen LogP) is 1.83. The molecule has 1 amide bonds. The number of amides is 1. The van der Waals surface area contributed by atoms with Crippen LogP contribution in [0.25, 0.3) is 0 Å². The summed E-state index contributed by atoms with van der Waals surface area (Å²) in [5, 5.41) is 0. The summed E-state index contributed by atoms with van der Waals surface area (Å²) in [7, 11) is 1.57. The van der Waals surface area contributed by atoms with E-state index >= 15 is 0 Å². The molecule has 2 rings (SSSR count). The van der Waals surface area contributed by atoms with E-state index in [1.54, 1.807) is 7.11 Å². The first-order valence-corrected chi connectivity index (χ1v) is 5.39. The van der Waals surface area contributed by atoms with Crippen LogP contribution in [0.3, 0.4) is 0 Å². The van der Waals surface area contributed by atoms with Gasteiger partial charge in [-0.1, -0.05) is 6.07 Å². The molecule has 0 bridgehead atoms. The van der Waals surface area contributed by atoms with Gasteiger partial charge in [0.25, 0.3) is 5.91 Å². The molecule has 0 radical (unpaired) electrons. The van der Waals surface area contributed by atoms with Crippen molar-refractivity contribution in [1.29, 1.82) is 0 Å². The van der Waals surface area contributed by atoms with E-state index in [0.717, 1.165) is 12.5 Å². The number of nitrogens with zero attached hydrogens (tertiary/aromatic N) is 1. The molecular weight excluding hydrogens is 228 g/mol. The van der Waals surface area contributed by atoms with Crippen molar-refractivity contribution in [3.8, 4) is 0 Å². The molecule has 1 aliphatic rings. The number of carbonyl (C=O) groups is 1. The molecule has 1 aromatic carbocycles. The minimum Gasteiger partial charge on any atom is -0.380 e. The van der Waals surface area contributed by atoms with Crippen molar-refractivity contribution in [3.05, 3.63) is 35.4 Å². The molecule has 1 atom stereocenters. The largest absolute Gasteiger partial charge is 0.380 e. The summed E-state index contributed by atoms with van der Waals surface area (Å²) in [5.74, 6) is -2.57. The number of carbonyl (C=O) groups excluding carboxylic acids is 1. The van der Waals surface area contributed by atoms with E-state index in [2.05, 4.69) is 0 Å². The third-order valence-electron chi connectivity index (χ3n) is 2.95. The van der Waals surface area contributed by atoms with Gasteiger partial charge in [-0.05, 0) is 18.6 Å². The molecule has 0 spiro atoms. The van der Waals surface area contributed by atoms with E-state index in [1.807, 2.05) is 0 Å². The summed E-state index contributed by atoms with van der Waals surface area (Å²) in [4.78, 5) is 13.4. The quantitative estimate of drug-likeness (QED) is 0.790. The first kappa shape index (κ1) is 12.0. The van der Waals surface area contributed by atoms with E-state index in [9.17, 15) is 13.6 Å². The molecule has 5 heteroatoms. The lowest BCUT2D eigenvalue weighted by atomic mass is 10.2. The molecule has 0 N–H and O–H groups in total. The third kappa shape index (κ3) is 2.29. The molecule has 0 saturated carbocycles. The standard InChI is InChI=1S/C12H13F2NO2/c1-17-8-5-6-15(7-8)12(16)9-3-2-4-10(13)11(9)14/h2-4,8H,5-7H2,1H3. The summed E-state index contributed by atoms with van der Waals surface area (Å²) in [6, 6.07) is 3.62. The van der Waals surface area contributed by atoms with E-state index in [4.69, 9.17) is 4.74 Å². The Labute approximate surface area is 98.0 Å². The Balaban J connectivity index is 2.18. The third-order valence-corrected chi connectivity index (χ3v) is 2.95. The van der Waals surface area contributed by atoms with Crippen molar-refractivity contribution in [2.75, 3.05) is 20.2 Å². The van der Waals surface area contributed by atoms with Crippen LogP contribution in [-0.4, -0.2) is 37.1 Å². The second-order valence-corrected chi connectivity index (χ2v) is 4.00. The fraction of sp³-hybridized carbons (Fsp3) is 0.417. The Morgan fingerprint density at radius 3 is 2.88 bits per heavy atom. The van der Waals surface area contributed by atoms with Gasteiger partial charge in [0.2, 0.25) is 0 Å². The van der Waals surface area contributed by atoms with Crippen molar-refractivity contribution in [3.63, 3.8) is 0 Å². The highest BCUT2D eigenvalue weighted by Gasteiger charge is 2.28. The maximum Gasteiger partial charge on any atom is 0.257 e. The van der Waals surface area contributed by atoms with Crippen molar-refractivity contribution in [1.82, 2.24) is 4.90 Å². The van der Waals surface area contributed by atoms with Gasteiger partial charge < -0.3 is 9.64 Å². The van der Waals surface area contributed by atoms with Crippen LogP contribution in [0, 0.1) is 11.6 Å². The number of benzene rings is 1. The minimum atomic E-state index is -1.08. The van der Waals surface area contributed by atoms with Crippen LogP contribution in [0.4, 0.5) is 8.78 Å². The molecule has 3 nitrogen and oxygen atoms in total. The second-order valence-electron chi connectivity index (χ2n) is 4.00. The fourth-order valence-corrected chi connectivity index (χ4v) is 1.94. The van der Waals surface area contributed by atoms with E-state index in [0.29, 0.717) is 13.1 Å². The fourth-order valence-electron chi connectivity index (χ4n) is 1.94. The topological polar surface area (TPSA) is 29.5 Å². The maximum absolute atomic E-state index is 13.4. The van der Waals surface area contributed by atoms with Gasteiger partial charge in [-0.3, -0.25) is 4.79 Å². The number of rotatable bonds is 2. The molecule has 1 aromatic rings.